The second kappa shape index (κ2) is 11.8. The van der Waals surface area contributed by atoms with Crippen LogP contribution in [-0.2, 0) is 0 Å². The molecule has 0 fully saturated rings. The van der Waals surface area contributed by atoms with Crippen molar-refractivity contribution in [3.8, 4) is 40.1 Å². The fraction of sp³-hybridized carbons (Fsp3) is 0.185. The van der Waals surface area contributed by atoms with E-state index in [9.17, 15) is 4.79 Å². The van der Waals surface area contributed by atoms with Crippen LogP contribution >= 0.6 is 0 Å². The lowest BCUT2D eigenvalue weighted by molar-refractivity contribution is 0.324. The summed E-state index contributed by atoms with van der Waals surface area (Å²) < 4.78 is 26.9. The zero-order chi connectivity index (χ0) is 27.1. The van der Waals surface area contributed by atoms with Crippen LogP contribution in [0.15, 0.2) is 70.6 Å². The van der Waals surface area contributed by atoms with E-state index in [2.05, 4.69) is 25.7 Å². The summed E-state index contributed by atoms with van der Waals surface area (Å²) in [6, 6.07) is 17.7. The molecule has 0 radical (unpaired) electrons. The third-order valence-electron chi connectivity index (χ3n) is 5.59. The van der Waals surface area contributed by atoms with Crippen LogP contribution in [0.25, 0.3) is 11.4 Å². The van der Waals surface area contributed by atoms with Gasteiger partial charge in [0.2, 0.25) is 5.75 Å². The van der Waals surface area contributed by atoms with Crippen LogP contribution in [-0.4, -0.2) is 56.4 Å². The number of hydrogen-bond acceptors (Lipinski definition) is 10. The van der Waals surface area contributed by atoms with Gasteiger partial charge in [-0.2, -0.15) is 10.2 Å². The molecule has 0 aliphatic heterocycles. The molecule has 1 aromatic heterocycles. The molecule has 11 nitrogen and oxygen atoms in total. The van der Waals surface area contributed by atoms with Gasteiger partial charge in [-0.15, -0.1) is 0 Å². The Kier molecular flexibility index (Phi) is 8.07. The number of nitrogens with one attached hydrogen (secondary N) is 2. The van der Waals surface area contributed by atoms with Crippen molar-refractivity contribution in [3.63, 3.8) is 0 Å². The average molecular weight is 518 g/mol. The minimum atomic E-state index is -0.536. The van der Waals surface area contributed by atoms with Crippen LogP contribution in [0.3, 0.4) is 0 Å². The molecule has 0 saturated carbocycles. The molecule has 2 N–H and O–H groups in total. The summed E-state index contributed by atoms with van der Waals surface area (Å²) in [5.41, 5.74) is 4.53. The second-order valence-corrected chi connectivity index (χ2v) is 7.78. The van der Waals surface area contributed by atoms with Crippen molar-refractivity contribution >= 4 is 11.4 Å². The number of hydrazone groups is 1. The highest BCUT2D eigenvalue weighted by Crippen LogP contribution is 2.38. The van der Waals surface area contributed by atoms with Crippen LogP contribution in [0, 0.1) is 0 Å². The Hall–Kier alpha value is -5.06. The predicted octanol–water partition coefficient (Wildman–Crippen LogP) is 3.74. The number of ether oxygens (including phenoxy) is 5. The maximum atomic E-state index is 13.0. The molecule has 0 atom stereocenters. The number of anilines is 1. The first-order valence-electron chi connectivity index (χ1n) is 11.4. The number of nitrogens with zero attached hydrogens (tertiary/aromatic N) is 3. The van der Waals surface area contributed by atoms with E-state index >= 15 is 0 Å². The van der Waals surface area contributed by atoms with Gasteiger partial charge < -0.3 is 23.7 Å². The zero-order valence-corrected chi connectivity index (χ0v) is 21.6. The molecule has 38 heavy (non-hydrogen) atoms. The number of hydrogen-bond donors (Lipinski definition) is 2. The molecule has 0 amide bonds. The molecule has 3 aromatic carbocycles. The average Bonchev–Trinajstić information content (AvgIpc) is 2.97. The van der Waals surface area contributed by atoms with Gasteiger partial charge >= 0.3 is 0 Å². The van der Waals surface area contributed by atoms with Gasteiger partial charge in [0, 0.05) is 11.1 Å². The Morgan fingerprint density at radius 2 is 1.37 bits per heavy atom. The maximum Gasteiger partial charge on any atom is 0.292 e. The normalized spacial score (nSPS) is 11.0. The highest BCUT2D eigenvalue weighted by molar-refractivity contribution is 6.12. The smallest absolute Gasteiger partial charge is 0.292 e. The molecular formula is C27H27N5O6. The quantitative estimate of drug-likeness (QED) is 0.239. The summed E-state index contributed by atoms with van der Waals surface area (Å²) in [5, 5.41) is 11.2. The molecule has 1 heterocycles. The van der Waals surface area contributed by atoms with Gasteiger partial charge in [-0.3, -0.25) is 10.2 Å². The van der Waals surface area contributed by atoms with Crippen molar-refractivity contribution in [1.29, 1.82) is 0 Å². The van der Waals surface area contributed by atoms with E-state index in [0.29, 0.717) is 51.4 Å². The van der Waals surface area contributed by atoms with Crippen molar-refractivity contribution < 1.29 is 23.7 Å². The molecule has 4 aromatic rings. The monoisotopic (exact) mass is 517 g/mol. The predicted molar refractivity (Wildman–Crippen MR) is 143 cm³/mol. The zero-order valence-electron chi connectivity index (χ0n) is 21.6. The summed E-state index contributed by atoms with van der Waals surface area (Å²) in [6.07, 6.45) is 0. The Morgan fingerprint density at radius 1 is 0.789 bits per heavy atom. The highest BCUT2D eigenvalue weighted by Gasteiger charge is 2.21. The summed E-state index contributed by atoms with van der Waals surface area (Å²) in [4.78, 5) is 17.6. The van der Waals surface area contributed by atoms with Crippen molar-refractivity contribution in [2.75, 3.05) is 41.0 Å². The Morgan fingerprint density at radius 3 is 1.89 bits per heavy atom. The number of rotatable bonds is 10. The fourth-order valence-electron chi connectivity index (χ4n) is 3.63. The Bertz CT molecular complexity index is 1460. The molecule has 196 valence electrons. The van der Waals surface area contributed by atoms with Gasteiger partial charge in [0.15, 0.2) is 23.0 Å². The van der Waals surface area contributed by atoms with E-state index in [0.717, 1.165) is 0 Å². The highest BCUT2D eigenvalue weighted by atomic mass is 16.5. The number of benzene rings is 3. The lowest BCUT2D eigenvalue weighted by Crippen LogP contribution is -2.24. The van der Waals surface area contributed by atoms with Crippen LogP contribution in [0.2, 0.25) is 0 Å². The van der Waals surface area contributed by atoms with Crippen LogP contribution in [0.1, 0.15) is 11.3 Å². The molecule has 0 aliphatic rings. The van der Waals surface area contributed by atoms with Crippen molar-refractivity contribution in [1.82, 2.24) is 15.2 Å². The van der Waals surface area contributed by atoms with Gasteiger partial charge in [-0.05, 0) is 60.7 Å². The van der Waals surface area contributed by atoms with Crippen molar-refractivity contribution in [2.45, 2.75) is 0 Å². The van der Waals surface area contributed by atoms with Gasteiger partial charge in [0.05, 0.1) is 41.2 Å². The van der Waals surface area contributed by atoms with Crippen LogP contribution in [0.5, 0.6) is 28.7 Å². The SMILES string of the molecule is COc1ccc(N/N=C(\c2cc(OC)c(OC)c(OC)c2)c2nc(-c3ccc(OC)cc3)n[nH]c2=O)cc1. The molecule has 0 saturated heterocycles. The van der Waals surface area contributed by atoms with E-state index in [-0.39, 0.29) is 11.4 Å². The molecule has 0 bridgehead atoms. The van der Waals surface area contributed by atoms with Crippen LogP contribution in [0.4, 0.5) is 5.69 Å². The topological polar surface area (TPSA) is 129 Å². The van der Waals surface area contributed by atoms with Crippen LogP contribution < -0.4 is 34.7 Å². The number of H-pyrrole nitrogens is 1. The summed E-state index contributed by atoms with van der Waals surface area (Å²) in [6.45, 7) is 0. The summed E-state index contributed by atoms with van der Waals surface area (Å²) in [7, 11) is 7.70. The number of methoxy groups -OCH3 is 5. The number of aromatic nitrogens is 3. The Balaban J connectivity index is 1.87. The maximum absolute atomic E-state index is 13.0. The molecule has 0 aliphatic carbocycles. The third-order valence-corrected chi connectivity index (χ3v) is 5.59. The van der Waals surface area contributed by atoms with E-state index < -0.39 is 5.56 Å². The van der Waals surface area contributed by atoms with E-state index in [1.54, 1.807) is 74.9 Å². The standard InChI is InChI=1S/C27H27N5O6/c1-34-19-10-6-16(7-11-19)26-28-24(27(33)32-31-26)23(30-29-18-8-12-20(35-2)13-9-18)17-14-21(36-3)25(38-5)22(15-17)37-4/h6-15,29H,1-5H3,(H,32,33)/b30-23+. The first kappa shape index (κ1) is 26.0. The fourth-order valence-corrected chi connectivity index (χ4v) is 3.63. The van der Waals surface area contributed by atoms with E-state index in [1.807, 2.05) is 0 Å². The summed E-state index contributed by atoms with van der Waals surface area (Å²) >= 11 is 0. The van der Waals surface area contributed by atoms with Gasteiger partial charge in [-0.25, -0.2) is 10.1 Å². The molecular weight excluding hydrogens is 490 g/mol. The van der Waals surface area contributed by atoms with Gasteiger partial charge in [0.25, 0.3) is 5.56 Å². The lowest BCUT2D eigenvalue weighted by atomic mass is 10.1. The van der Waals surface area contributed by atoms with E-state index in [1.165, 1.54) is 21.3 Å². The first-order chi connectivity index (χ1) is 18.5. The Labute approximate surface area is 219 Å². The van der Waals surface area contributed by atoms with Crippen molar-refractivity contribution in [2.24, 2.45) is 5.10 Å². The summed E-state index contributed by atoms with van der Waals surface area (Å²) in [5.74, 6) is 2.85. The molecule has 4 rings (SSSR count). The second-order valence-electron chi connectivity index (χ2n) is 7.78. The largest absolute Gasteiger partial charge is 0.497 e. The molecule has 11 heteroatoms. The third kappa shape index (κ3) is 5.51. The minimum Gasteiger partial charge on any atom is -0.497 e. The van der Waals surface area contributed by atoms with E-state index in [4.69, 9.17) is 23.7 Å². The molecule has 0 spiro atoms. The lowest BCUT2D eigenvalue weighted by Gasteiger charge is -2.15. The number of aromatic amines is 1. The first-order valence-corrected chi connectivity index (χ1v) is 11.4. The van der Waals surface area contributed by atoms with Gasteiger partial charge in [0.1, 0.15) is 17.2 Å². The molecule has 0 unspecified atom stereocenters. The van der Waals surface area contributed by atoms with Crippen molar-refractivity contribution in [3.05, 3.63) is 82.3 Å². The minimum absolute atomic E-state index is 0.0288. The van der Waals surface area contributed by atoms with Gasteiger partial charge in [-0.1, -0.05) is 0 Å².